The van der Waals surface area contributed by atoms with Gasteiger partial charge < -0.3 is 15.0 Å². The fraction of sp³-hybridized carbons (Fsp3) is 0.531. The zero-order valence-corrected chi connectivity index (χ0v) is 24.9. The van der Waals surface area contributed by atoms with Gasteiger partial charge in [-0.05, 0) is 37.6 Å². The molecule has 0 spiro atoms. The second-order valence-electron chi connectivity index (χ2n) is 12.8. The van der Waals surface area contributed by atoms with Crippen LogP contribution in [0.2, 0.25) is 0 Å². The van der Waals surface area contributed by atoms with Gasteiger partial charge in [0.1, 0.15) is 17.5 Å². The Bertz CT molecular complexity index is 1510. The number of nitrogens with zero attached hydrogens (tertiary/aromatic N) is 6. The fourth-order valence-corrected chi connectivity index (χ4v) is 6.83. The van der Waals surface area contributed by atoms with Crippen molar-refractivity contribution in [2.75, 3.05) is 57.4 Å². The molecule has 42 heavy (non-hydrogen) atoms. The highest BCUT2D eigenvalue weighted by Crippen LogP contribution is 2.42. The van der Waals surface area contributed by atoms with Crippen molar-refractivity contribution in [3.63, 3.8) is 0 Å². The van der Waals surface area contributed by atoms with Crippen LogP contribution < -0.4 is 10.2 Å². The van der Waals surface area contributed by atoms with Gasteiger partial charge in [0.05, 0.1) is 31.1 Å². The molecule has 222 valence electrons. The Labute approximate surface area is 246 Å². The summed E-state index contributed by atoms with van der Waals surface area (Å²) in [4.78, 5) is 25.6. The molecule has 2 saturated heterocycles. The molecule has 3 atom stereocenters. The van der Waals surface area contributed by atoms with E-state index in [1.165, 1.54) is 12.1 Å². The number of anilines is 1. The summed E-state index contributed by atoms with van der Waals surface area (Å²) in [7, 11) is 0. The summed E-state index contributed by atoms with van der Waals surface area (Å²) in [6.07, 6.45) is 2.28. The van der Waals surface area contributed by atoms with Crippen molar-refractivity contribution in [2.45, 2.75) is 57.7 Å². The minimum Gasteiger partial charge on any atom is -0.379 e. The van der Waals surface area contributed by atoms with Crippen LogP contribution >= 0.6 is 0 Å². The topological polar surface area (TPSA) is 89.1 Å². The number of nitrogens with one attached hydrogen (secondary N) is 1. The van der Waals surface area contributed by atoms with Gasteiger partial charge in [-0.25, -0.2) is 9.37 Å². The number of imidazole rings is 1. The number of ether oxygens (including phenoxy) is 1. The van der Waals surface area contributed by atoms with E-state index in [0.717, 1.165) is 61.9 Å². The second-order valence-corrected chi connectivity index (χ2v) is 12.8. The molecule has 3 aliphatic rings. The number of aromatic nitrogens is 2. The minimum absolute atomic E-state index is 0.0728. The third kappa shape index (κ3) is 5.54. The van der Waals surface area contributed by atoms with Gasteiger partial charge in [0.25, 0.3) is 0 Å². The Morgan fingerprint density at radius 3 is 2.76 bits per heavy atom. The van der Waals surface area contributed by atoms with Crippen LogP contribution in [-0.2, 0) is 21.4 Å². The fourth-order valence-electron chi connectivity index (χ4n) is 6.83. The molecule has 0 unspecified atom stereocenters. The van der Waals surface area contributed by atoms with E-state index in [1.54, 1.807) is 18.3 Å². The van der Waals surface area contributed by atoms with Gasteiger partial charge in [0, 0.05) is 74.4 Å². The number of morpholine rings is 1. The van der Waals surface area contributed by atoms with Crippen LogP contribution in [0.25, 0.3) is 5.65 Å². The van der Waals surface area contributed by atoms with Crippen molar-refractivity contribution in [1.29, 1.82) is 5.26 Å². The third-order valence-corrected chi connectivity index (χ3v) is 9.01. The highest BCUT2D eigenvalue weighted by Gasteiger charge is 2.42. The number of rotatable bonds is 6. The molecule has 0 aliphatic carbocycles. The maximum atomic E-state index is 14.2. The Morgan fingerprint density at radius 1 is 1.24 bits per heavy atom. The van der Waals surface area contributed by atoms with E-state index in [0.29, 0.717) is 42.9 Å². The summed E-state index contributed by atoms with van der Waals surface area (Å²) >= 11 is 0. The molecule has 0 bridgehead atoms. The predicted molar refractivity (Wildman–Crippen MR) is 159 cm³/mol. The Kier molecular flexibility index (Phi) is 7.79. The lowest BCUT2D eigenvalue weighted by atomic mass is 9.90. The van der Waals surface area contributed by atoms with E-state index in [4.69, 9.17) is 4.74 Å². The highest BCUT2D eigenvalue weighted by molar-refractivity contribution is 5.98. The molecule has 9 nitrogen and oxygen atoms in total. The largest absolute Gasteiger partial charge is 0.379 e. The predicted octanol–water partition coefficient (Wildman–Crippen LogP) is 2.94. The lowest BCUT2D eigenvalue weighted by Gasteiger charge is -2.43. The van der Waals surface area contributed by atoms with E-state index >= 15 is 0 Å². The van der Waals surface area contributed by atoms with Crippen LogP contribution in [0.1, 0.15) is 50.2 Å². The molecule has 0 saturated carbocycles. The molecule has 5 heterocycles. The van der Waals surface area contributed by atoms with Crippen molar-refractivity contribution in [3.8, 4) is 6.07 Å². The van der Waals surface area contributed by atoms with Crippen LogP contribution in [-0.4, -0.2) is 95.7 Å². The molecule has 6 rings (SSSR count). The van der Waals surface area contributed by atoms with Crippen molar-refractivity contribution in [1.82, 2.24) is 24.5 Å². The number of piperazine rings is 1. The zero-order chi connectivity index (χ0) is 29.6. The van der Waals surface area contributed by atoms with Gasteiger partial charge in [-0.1, -0.05) is 26.0 Å². The molecule has 10 heteroatoms. The number of hydrogen-bond donors (Lipinski definition) is 1. The first-order valence-electron chi connectivity index (χ1n) is 14.9. The van der Waals surface area contributed by atoms with Gasteiger partial charge in [-0.3, -0.25) is 19.0 Å². The Hall–Kier alpha value is -3.36. The van der Waals surface area contributed by atoms with Gasteiger partial charge in [-0.2, -0.15) is 5.26 Å². The van der Waals surface area contributed by atoms with E-state index in [9.17, 15) is 14.4 Å². The summed E-state index contributed by atoms with van der Waals surface area (Å²) < 4.78 is 21.3. The molecule has 3 aliphatic heterocycles. The molecule has 2 fully saturated rings. The van der Waals surface area contributed by atoms with Gasteiger partial charge in [0.15, 0.2) is 5.69 Å². The Morgan fingerprint density at radius 2 is 2.02 bits per heavy atom. The number of benzene rings is 1. The second kappa shape index (κ2) is 11.4. The molecule has 1 amide bonds. The van der Waals surface area contributed by atoms with Crippen LogP contribution in [0, 0.1) is 17.1 Å². The first-order valence-corrected chi connectivity index (χ1v) is 14.9. The van der Waals surface area contributed by atoms with Crippen molar-refractivity contribution >= 4 is 17.2 Å². The number of nitriles is 1. The normalized spacial score (nSPS) is 24.6. The van der Waals surface area contributed by atoms with E-state index in [1.807, 2.05) is 9.30 Å². The minimum atomic E-state index is -0.343. The number of halogens is 1. The summed E-state index contributed by atoms with van der Waals surface area (Å²) in [6, 6.07) is 11.6. The molecular formula is C32H40FN7O2. The van der Waals surface area contributed by atoms with Gasteiger partial charge in [0.2, 0.25) is 5.91 Å². The smallest absolute Gasteiger partial charge is 0.241 e. The molecule has 1 aromatic carbocycles. The maximum absolute atomic E-state index is 14.2. The number of amides is 1. The summed E-state index contributed by atoms with van der Waals surface area (Å²) in [5, 5.41) is 13.3. The number of hydrogen-bond acceptors (Lipinski definition) is 7. The number of pyridine rings is 1. The standard InChI is InChI=1S/C32H40FN7O2/c1-21-15-38(27(14-35-21)17-37-9-10-42-19-22(37)2)18-29(41)40-20-32(3,4)30-28(40)12-24(11-23-5-7-25(33)8-6-23)31-36-26(13-34)16-39(30)31/h5-8,12,16,21-22,27,35H,9-11,14-15,17-20H2,1-4H3/t21-,22-,27-/m1/s1. The lowest BCUT2D eigenvalue weighted by molar-refractivity contribution is -0.121. The first-order chi connectivity index (χ1) is 20.1. The Balaban J connectivity index is 1.32. The van der Waals surface area contributed by atoms with Crippen LogP contribution in [0.4, 0.5) is 10.1 Å². The summed E-state index contributed by atoms with van der Waals surface area (Å²) in [5.41, 5.74) is 4.36. The SMILES string of the molecule is C[C@@H]1CN(CC(=O)N2CC(C)(C)c3c2cc(Cc2ccc(F)cc2)c2nc(C#N)cn32)[C@@H](CN2CCOC[C@H]2C)CN1. The molecular weight excluding hydrogens is 533 g/mol. The van der Waals surface area contributed by atoms with E-state index in [-0.39, 0.29) is 23.2 Å². The first kappa shape index (κ1) is 28.7. The average molecular weight is 574 g/mol. The van der Waals surface area contributed by atoms with Crippen molar-refractivity contribution in [2.24, 2.45) is 0 Å². The van der Waals surface area contributed by atoms with Crippen molar-refractivity contribution in [3.05, 3.63) is 64.9 Å². The van der Waals surface area contributed by atoms with Gasteiger partial charge >= 0.3 is 0 Å². The number of carbonyl (C=O) groups excluding carboxylic acids is 1. The number of fused-ring (bicyclic) bond motifs is 3. The lowest BCUT2D eigenvalue weighted by Crippen LogP contribution is -2.62. The van der Waals surface area contributed by atoms with Crippen LogP contribution in [0.15, 0.2) is 36.5 Å². The van der Waals surface area contributed by atoms with Crippen LogP contribution in [0.5, 0.6) is 0 Å². The molecule has 1 N–H and O–H groups in total. The van der Waals surface area contributed by atoms with Crippen molar-refractivity contribution < 1.29 is 13.9 Å². The molecule has 3 aromatic rings. The zero-order valence-electron chi connectivity index (χ0n) is 24.9. The van der Waals surface area contributed by atoms with E-state index < -0.39 is 0 Å². The monoisotopic (exact) mass is 573 g/mol. The van der Waals surface area contributed by atoms with Crippen LogP contribution in [0.3, 0.4) is 0 Å². The number of carbonyl (C=O) groups is 1. The third-order valence-electron chi connectivity index (χ3n) is 9.01. The summed E-state index contributed by atoms with van der Waals surface area (Å²) in [6.45, 7) is 14.5. The molecule has 2 aromatic heterocycles. The van der Waals surface area contributed by atoms with Gasteiger partial charge in [-0.15, -0.1) is 0 Å². The molecule has 0 radical (unpaired) electrons. The summed E-state index contributed by atoms with van der Waals surface area (Å²) in [5.74, 6) is -0.212. The quantitative estimate of drug-likeness (QED) is 0.485. The average Bonchev–Trinajstić information content (AvgIpc) is 3.51. The maximum Gasteiger partial charge on any atom is 0.241 e. The van der Waals surface area contributed by atoms with E-state index in [2.05, 4.69) is 59.9 Å². The highest BCUT2D eigenvalue weighted by atomic mass is 19.1.